The van der Waals surface area contributed by atoms with Crippen molar-refractivity contribution in [2.75, 3.05) is 12.4 Å². The second kappa shape index (κ2) is 5.19. The van der Waals surface area contributed by atoms with Gasteiger partial charge in [-0.25, -0.2) is 4.98 Å². The van der Waals surface area contributed by atoms with Crippen LogP contribution >= 0.6 is 11.6 Å². The molecule has 2 aromatic rings. The summed E-state index contributed by atoms with van der Waals surface area (Å²) in [6.07, 6.45) is 4.61. The van der Waals surface area contributed by atoms with Crippen molar-refractivity contribution in [3.05, 3.63) is 30.1 Å². The van der Waals surface area contributed by atoms with E-state index >= 15 is 0 Å². The predicted molar refractivity (Wildman–Crippen MR) is 68.1 cm³/mol. The standard InChI is InChI=1S/C12H14ClN3O/c1-16-8-9(4-6-14-11(17)7-13)10-3-2-5-15-12(10)16/h2-3,5,8H,4,6-7H2,1H3,(H,14,17). The van der Waals surface area contributed by atoms with Gasteiger partial charge in [0.15, 0.2) is 0 Å². The third kappa shape index (κ3) is 2.58. The van der Waals surface area contributed by atoms with E-state index in [-0.39, 0.29) is 11.8 Å². The Balaban J connectivity index is 2.11. The van der Waals surface area contributed by atoms with Gasteiger partial charge in [-0.15, -0.1) is 11.6 Å². The molecule has 2 rings (SSSR count). The molecule has 90 valence electrons. The minimum atomic E-state index is -0.134. The van der Waals surface area contributed by atoms with E-state index in [0.717, 1.165) is 17.5 Å². The maximum Gasteiger partial charge on any atom is 0.234 e. The SMILES string of the molecule is Cn1cc(CCNC(=O)CCl)c2cccnc21. The minimum absolute atomic E-state index is 0.0110. The average Bonchev–Trinajstić information content (AvgIpc) is 2.67. The van der Waals surface area contributed by atoms with Gasteiger partial charge in [0, 0.05) is 31.4 Å². The number of carbonyl (C=O) groups excluding carboxylic acids is 1. The fourth-order valence-corrected chi connectivity index (χ4v) is 1.97. The molecule has 0 aliphatic rings. The molecule has 0 unspecified atom stereocenters. The molecule has 0 bridgehead atoms. The normalized spacial score (nSPS) is 10.7. The van der Waals surface area contributed by atoms with Crippen molar-refractivity contribution in [1.82, 2.24) is 14.9 Å². The van der Waals surface area contributed by atoms with Crippen molar-refractivity contribution >= 4 is 28.5 Å². The van der Waals surface area contributed by atoms with Gasteiger partial charge < -0.3 is 9.88 Å². The summed E-state index contributed by atoms with van der Waals surface area (Å²) in [5.74, 6) is -0.123. The van der Waals surface area contributed by atoms with E-state index in [1.807, 2.05) is 29.9 Å². The smallest absolute Gasteiger partial charge is 0.234 e. The fraction of sp³-hybridized carbons (Fsp3) is 0.333. The molecule has 2 heterocycles. The van der Waals surface area contributed by atoms with E-state index < -0.39 is 0 Å². The molecule has 0 fully saturated rings. The first kappa shape index (κ1) is 11.9. The molecule has 0 atom stereocenters. The molecule has 1 amide bonds. The number of hydrogen-bond donors (Lipinski definition) is 1. The van der Waals surface area contributed by atoms with Crippen molar-refractivity contribution in [2.45, 2.75) is 6.42 Å². The zero-order chi connectivity index (χ0) is 12.3. The number of hydrogen-bond acceptors (Lipinski definition) is 2. The van der Waals surface area contributed by atoms with E-state index in [9.17, 15) is 4.79 Å². The van der Waals surface area contributed by atoms with Gasteiger partial charge in [0.05, 0.1) is 0 Å². The number of amides is 1. The van der Waals surface area contributed by atoms with E-state index in [1.54, 1.807) is 6.20 Å². The number of rotatable bonds is 4. The molecule has 0 spiro atoms. The molecule has 0 saturated carbocycles. The highest BCUT2D eigenvalue weighted by atomic mass is 35.5. The largest absolute Gasteiger partial charge is 0.355 e. The molecular formula is C12H14ClN3O. The number of carbonyl (C=O) groups is 1. The number of fused-ring (bicyclic) bond motifs is 1. The maximum atomic E-state index is 11.0. The molecule has 5 heteroatoms. The lowest BCUT2D eigenvalue weighted by molar-refractivity contribution is -0.118. The van der Waals surface area contributed by atoms with Gasteiger partial charge in [-0.2, -0.15) is 0 Å². The number of aromatic nitrogens is 2. The quantitative estimate of drug-likeness (QED) is 0.837. The van der Waals surface area contributed by atoms with Gasteiger partial charge in [0.2, 0.25) is 5.91 Å². The number of nitrogens with zero attached hydrogens (tertiary/aromatic N) is 2. The Morgan fingerprint density at radius 3 is 3.18 bits per heavy atom. The molecule has 0 radical (unpaired) electrons. The highest BCUT2D eigenvalue weighted by Gasteiger charge is 2.06. The van der Waals surface area contributed by atoms with Crippen molar-refractivity contribution in [3.8, 4) is 0 Å². The van der Waals surface area contributed by atoms with Crippen LogP contribution in [0.4, 0.5) is 0 Å². The first-order valence-electron chi connectivity index (χ1n) is 5.44. The van der Waals surface area contributed by atoms with Crippen LogP contribution in [-0.4, -0.2) is 27.9 Å². The Labute approximate surface area is 105 Å². The van der Waals surface area contributed by atoms with Crippen molar-refractivity contribution < 1.29 is 4.79 Å². The van der Waals surface area contributed by atoms with E-state index in [1.165, 1.54) is 5.56 Å². The molecule has 0 saturated heterocycles. The summed E-state index contributed by atoms with van der Waals surface area (Å²) in [6, 6.07) is 3.96. The molecule has 0 aliphatic carbocycles. The van der Waals surface area contributed by atoms with E-state index in [0.29, 0.717) is 6.54 Å². The van der Waals surface area contributed by atoms with E-state index in [2.05, 4.69) is 10.3 Å². The van der Waals surface area contributed by atoms with Crippen LogP contribution in [0.2, 0.25) is 0 Å². The average molecular weight is 252 g/mol. The predicted octanol–water partition coefficient (Wildman–Crippen LogP) is 1.47. The minimum Gasteiger partial charge on any atom is -0.355 e. The van der Waals surface area contributed by atoms with Gasteiger partial charge in [-0.1, -0.05) is 0 Å². The monoisotopic (exact) mass is 251 g/mol. The highest BCUT2D eigenvalue weighted by Crippen LogP contribution is 2.18. The number of pyridine rings is 1. The lowest BCUT2D eigenvalue weighted by Gasteiger charge is -2.01. The van der Waals surface area contributed by atoms with Gasteiger partial charge in [0.1, 0.15) is 11.5 Å². The van der Waals surface area contributed by atoms with Crippen molar-refractivity contribution in [1.29, 1.82) is 0 Å². The van der Waals surface area contributed by atoms with Crippen LogP contribution in [0, 0.1) is 0 Å². The third-order valence-electron chi connectivity index (χ3n) is 2.65. The number of aryl methyl sites for hydroxylation is 1. The van der Waals surface area contributed by atoms with Crippen LogP contribution in [-0.2, 0) is 18.3 Å². The molecule has 0 aromatic carbocycles. The Morgan fingerprint density at radius 2 is 2.41 bits per heavy atom. The summed E-state index contributed by atoms with van der Waals surface area (Å²) in [6.45, 7) is 0.597. The lowest BCUT2D eigenvalue weighted by Crippen LogP contribution is -2.26. The van der Waals surface area contributed by atoms with Crippen LogP contribution in [0.25, 0.3) is 11.0 Å². The van der Waals surface area contributed by atoms with Gasteiger partial charge in [-0.05, 0) is 24.1 Å². The number of nitrogens with one attached hydrogen (secondary N) is 1. The van der Waals surface area contributed by atoms with Gasteiger partial charge in [0.25, 0.3) is 0 Å². The van der Waals surface area contributed by atoms with Crippen molar-refractivity contribution in [3.63, 3.8) is 0 Å². The molecule has 0 aliphatic heterocycles. The van der Waals surface area contributed by atoms with Crippen LogP contribution in [0.1, 0.15) is 5.56 Å². The third-order valence-corrected chi connectivity index (χ3v) is 2.90. The number of halogens is 1. The van der Waals surface area contributed by atoms with Crippen molar-refractivity contribution in [2.24, 2.45) is 7.05 Å². The van der Waals surface area contributed by atoms with Crippen LogP contribution in [0.3, 0.4) is 0 Å². The first-order valence-corrected chi connectivity index (χ1v) is 5.97. The van der Waals surface area contributed by atoms with E-state index in [4.69, 9.17) is 11.6 Å². The molecular weight excluding hydrogens is 238 g/mol. The molecule has 4 nitrogen and oxygen atoms in total. The van der Waals surface area contributed by atoms with Gasteiger partial charge >= 0.3 is 0 Å². The molecule has 1 N–H and O–H groups in total. The first-order chi connectivity index (χ1) is 8.22. The second-order valence-electron chi connectivity index (χ2n) is 3.87. The Kier molecular flexibility index (Phi) is 3.64. The topological polar surface area (TPSA) is 46.9 Å². The fourth-order valence-electron chi connectivity index (χ4n) is 1.88. The summed E-state index contributed by atoms with van der Waals surface area (Å²) in [7, 11) is 1.97. The van der Waals surface area contributed by atoms with Crippen LogP contribution < -0.4 is 5.32 Å². The van der Waals surface area contributed by atoms with Crippen LogP contribution in [0.5, 0.6) is 0 Å². The summed E-state index contributed by atoms with van der Waals surface area (Å²) in [4.78, 5) is 15.3. The summed E-state index contributed by atoms with van der Waals surface area (Å²) < 4.78 is 1.99. The zero-order valence-corrected chi connectivity index (χ0v) is 10.4. The Hall–Kier alpha value is -1.55. The van der Waals surface area contributed by atoms with Crippen LogP contribution in [0.15, 0.2) is 24.5 Å². The summed E-state index contributed by atoms with van der Waals surface area (Å²) in [5.41, 5.74) is 2.15. The second-order valence-corrected chi connectivity index (χ2v) is 4.14. The summed E-state index contributed by atoms with van der Waals surface area (Å²) in [5, 5.41) is 3.89. The maximum absolute atomic E-state index is 11.0. The number of alkyl halides is 1. The lowest BCUT2D eigenvalue weighted by atomic mass is 10.1. The molecule has 2 aromatic heterocycles. The zero-order valence-electron chi connectivity index (χ0n) is 9.61. The Morgan fingerprint density at radius 1 is 1.59 bits per heavy atom. The summed E-state index contributed by atoms with van der Waals surface area (Å²) >= 11 is 5.41. The molecule has 17 heavy (non-hydrogen) atoms. The van der Waals surface area contributed by atoms with Gasteiger partial charge in [-0.3, -0.25) is 4.79 Å². The highest BCUT2D eigenvalue weighted by molar-refractivity contribution is 6.27. The Bertz CT molecular complexity index is 536.